The molecule has 2 aromatic carbocycles. The van der Waals surface area contributed by atoms with Crippen LogP contribution in [0.25, 0.3) is 0 Å². The van der Waals surface area contributed by atoms with Crippen LogP contribution in [0.1, 0.15) is 15.9 Å². The number of nitrogens with zero attached hydrogens (tertiary/aromatic N) is 2. The Labute approximate surface area is 148 Å². The maximum Gasteiger partial charge on any atom is 0.243 e. The molecule has 0 saturated carbocycles. The lowest BCUT2D eigenvalue weighted by atomic mass is 10.1. The smallest absolute Gasteiger partial charge is 0.243 e. The fraction of sp³-hybridized carbons (Fsp3) is 0.316. The zero-order chi connectivity index (χ0) is 17.9. The van der Waals surface area contributed by atoms with E-state index in [0.29, 0.717) is 43.2 Å². The van der Waals surface area contributed by atoms with Gasteiger partial charge in [-0.05, 0) is 19.1 Å². The number of aryl methyl sites for hydroxylation is 1. The van der Waals surface area contributed by atoms with Crippen molar-refractivity contribution in [2.24, 2.45) is 0 Å². The first-order chi connectivity index (χ1) is 12.0. The second-order valence-electron chi connectivity index (χ2n) is 6.28. The third-order valence-electron chi connectivity index (χ3n) is 4.45. The molecule has 0 aliphatic carbocycles. The monoisotopic (exact) mass is 358 g/mol. The molecule has 1 saturated heterocycles. The molecule has 6 heteroatoms. The van der Waals surface area contributed by atoms with Crippen LogP contribution in [-0.2, 0) is 10.0 Å². The molecule has 0 N–H and O–H groups in total. The maximum atomic E-state index is 12.6. The van der Waals surface area contributed by atoms with E-state index in [4.69, 9.17) is 0 Å². The Morgan fingerprint density at radius 2 is 1.52 bits per heavy atom. The standard InChI is InChI=1S/C19H22N2O3S/c1-16-7-9-17(10-8-16)19(22)15-20-11-13-21(14-12-20)25(23,24)18-5-3-2-4-6-18/h2-10H,11-15H2,1H3. The third kappa shape index (κ3) is 4.15. The number of piperazine rings is 1. The number of carbonyl (C=O) groups excluding carboxylic acids is 1. The third-order valence-corrected chi connectivity index (χ3v) is 6.37. The zero-order valence-corrected chi connectivity index (χ0v) is 15.1. The molecule has 1 fully saturated rings. The minimum absolute atomic E-state index is 0.0689. The second-order valence-corrected chi connectivity index (χ2v) is 8.22. The number of hydrogen-bond donors (Lipinski definition) is 0. The van der Waals surface area contributed by atoms with Crippen molar-refractivity contribution in [2.75, 3.05) is 32.7 Å². The topological polar surface area (TPSA) is 57.7 Å². The minimum Gasteiger partial charge on any atom is -0.293 e. The number of hydrogen-bond acceptors (Lipinski definition) is 4. The number of Topliss-reactive ketones (excluding diaryl/α,β-unsaturated/α-hetero) is 1. The molecule has 3 rings (SSSR count). The summed E-state index contributed by atoms with van der Waals surface area (Å²) < 4.78 is 26.7. The van der Waals surface area contributed by atoms with Gasteiger partial charge < -0.3 is 0 Å². The Kier molecular flexibility index (Phi) is 5.32. The fourth-order valence-corrected chi connectivity index (χ4v) is 4.35. The molecule has 1 aliphatic heterocycles. The van der Waals surface area contributed by atoms with Crippen LogP contribution in [0.5, 0.6) is 0 Å². The Bertz CT molecular complexity index is 825. The van der Waals surface area contributed by atoms with E-state index in [2.05, 4.69) is 0 Å². The Morgan fingerprint density at radius 1 is 0.920 bits per heavy atom. The molecule has 2 aromatic rings. The van der Waals surface area contributed by atoms with Gasteiger partial charge in [0.15, 0.2) is 5.78 Å². The summed E-state index contributed by atoms with van der Waals surface area (Å²) in [6.45, 7) is 4.23. The highest BCUT2D eigenvalue weighted by Gasteiger charge is 2.28. The summed E-state index contributed by atoms with van der Waals surface area (Å²) in [5.41, 5.74) is 1.82. The molecule has 25 heavy (non-hydrogen) atoms. The number of benzene rings is 2. The maximum absolute atomic E-state index is 12.6. The van der Waals surface area contributed by atoms with Gasteiger partial charge >= 0.3 is 0 Å². The van der Waals surface area contributed by atoms with Gasteiger partial charge in [0.2, 0.25) is 10.0 Å². The quantitative estimate of drug-likeness (QED) is 0.769. The van der Waals surface area contributed by atoms with E-state index in [1.807, 2.05) is 36.1 Å². The van der Waals surface area contributed by atoms with Gasteiger partial charge in [0, 0.05) is 31.7 Å². The minimum atomic E-state index is -3.45. The molecule has 0 bridgehead atoms. The summed E-state index contributed by atoms with van der Waals surface area (Å²) in [6.07, 6.45) is 0. The summed E-state index contributed by atoms with van der Waals surface area (Å²) in [5, 5.41) is 0. The molecule has 0 aromatic heterocycles. The van der Waals surface area contributed by atoms with Crippen LogP contribution in [0.15, 0.2) is 59.5 Å². The SMILES string of the molecule is Cc1ccc(C(=O)CN2CCN(S(=O)(=O)c3ccccc3)CC2)cc1. The second kappa shape index (κ2) is 7.47. The van der Waals surface area contributed by atoms with Crippen LogP contribution in [-0.4, -0.2) is 56.1 Å². The Balaban J connectivity index is 1.59. The van der Waals surface area contributed by atoms with Crippen LogP contribution in [0.3, 0.4) is 0 Å². The molecule has 132 valence electrons. The number of sulfonamides is 1. The van der Waals surface area contributed by atoms with Crippen molar-refractivity contribution in [1.29, 1.82) is 0 Å². The predicted molar refractivity (Wildman–Crippen MR) is 97.2 cm³/mol. The van der Waals surface area contributed by atoms with Gasteiger partial charge in [0.05, 0.1) is 11.4 Å². The van der Waals surface area contributed by atoms with Crippen molar-refractivity contribution in [3.63, 3.8) is 0 Å². The molecule has 1 heterocycles. The molecule has 0 radical (unpaired) electrons. The van der Waals surface area contributed by atoms with E-state index in [1.54, 1.807) is 30.3 Å². The van der Waals surface area contributed by atoms with Crippen molar-refractivity contribution in [3.8, 4) is 0 Å². The first kappa shape index (κ1) is 17.8. The van der Waals surface area contributed by atoms with E-state index in [9.17, 15) is 13.2 Å². The van der Waals surface area contributed by atoms with Crippen molar-refractivity contribution in [2.45, 2.75) is 11.8 Å². The summed E-state index contributed by atoms with van der Waals surface area (Å²) in [7, 11) is -3.45. The average molecular weight is 358 g/mol. The van der Waals surface area contributed by atoms with E-state index < -0.39 is 10.0 Å². The molecular formula is C19H22N2O3S. The highest BCUT2D eigenvalue weighted by atomic mass is 32.2. The molecule has 5 nitrogen and oxygen atoms in total. The van der Waals surface area contributed by atoms with Crippen molar-refractivity contribution >= 4 is 15.8 Å². The van der Waals surface area contributed by atoms with Crippen molar-refractivity contribution < 1.29 is 13.2 Å². The lowest BCUT2D eigenvalue weighted by molar-refractivity contribution is 0.0901. The number of rotatable bonds is 5. The summed E-state index contributed by atoms with van der Waals surface area (Å²) in [5.74, 6) is 0.0689. The van der Waals surface area contributed by atoms with Gasteiger partial charge in [-0.25, -0.2) is 8.42 Å². The van der Waals surface area contributed by atoms with E-state index in [-0.39, 0.29) is 5.78 Å². The average Bonchev–Trinajstić information content (AvgIpc) is 2.63. The van der Waals surface area contributed by atoms with Gasteiger partial charge in [0.25, 0.3) is 0 Å². The summed E-state index contributed by atoms with van der Waals surface area (Å²) in [4.78, 5) is 14.7. The molecule has 0 amide bonds. The first-order valence-corrected chi connectivity index (χ1v) is 9.78. The molecule has 0 spiro atoms. The zero-order valence-electron chi connectivity index (χ0n) is 14.3. The largest absolute Gasteiger partial charge is 0.293 e. The van der Waals surface area contributed by atoms with Crippen LogP contribution in [0.4, 0.5) is 0 Å². The lowest BCUT2D eigenvalue weighted by Gasteiger charge is -2.33. The van der Waals surface area contributed by atoms with Gasteiger partial charge in [-0.2, -0.15) is 4.31 Å². The molecule has 0 atom stereocenters. The van der Waals surface area contributed by atoms with Crippen LogP contribution >= 0.6 is 0 Å². The van der Waals surface area contributed by atoms with E-state index in [1.165, 1.54) is 4.31 Å². The summed E-state index contributed by atoms with van der Waals surface area (Å²) >= 11 is 0. The number of ketones is 1. The van der Waals surface area contributed by atoms with Gasteiger partial charge in [-0.15, -0.1) is 0 Å². The van der Waals surface area contributed by atoms with Crippen LogP contribution in [0, 0.1) is 6.92 Å². The van der Waals surface area contributed by atoms with Gasteiger partial charge in [-0.3, -0.25) is 9.69 Å². The highest BCUT2D eigenvalue weighted by Crippen LogP contribution is 2.17. The Morgan fingerprint density at radius 3 is 2.12 bits per heavy atom. The van der Waals surface area contributed by atoms with E-state index >= 15 is 0 Å². The Hall–Kier alpha value is -2.02. The first-order valence-electron chi connectivity index (χ1n) is 8.34. The van der Waals surface area contributed by atoms with E-state index in [0.717, 1.165) is 5.56 Å². The van der Waals surface area contributed by atoms with Crippen molar-refractivity contribution in [1.82, 2.24) is 9.21 Å². The number of carbonyl (C=O) groups is 1. The summed E-state index contributed by atoms with van der Waals surface area (Å²) in [6, 6.07) is 16.0. The van der Waals surface area contributed by atoms with Crippen LogP contribution in [0.2, 0.25) is 0 Å². The van der Waals surface area contributed by atoms with Gasteiger partial charge in [-0.1, -0.05) is 48.0 Å². The molecule has 0 unspecified atom stereocenters. The highest BCUT2D eigenvalue weighted by molar-refractivity contribution is 7.89. The lowest BCUT2D eigenvalue weighted by Crippen LogP contribution is -2.49. The molecule has 1 aliphatic rings. The normalized spacial score (nSPS) is 16.7. The fourth-order valence-electron chi connectivity index (χ4n) is 2.90. The van der Waals surface area contributed by atoms with Crippen LogP contribution < -0.4 is 0 Å². The predicted octanol–water partition coefficient (Wildman–Crippen LogP) is 2.18. The molecular weight excluding hydrogens is 336 g/mol. The van der Waals surface area contributed by atoms with Crippen molar-refractivity contribution in [3.05, 3.63) is 65.7 Å². The van der Waals surface area contributed by atoms with Gasteiger partial charge in [0.1, 0.15) is 0 Å².